The van der Waals surface area contributed by atoms with Crippen LogP contribution in [0.25, 0.3) is 0 Å². The number of hydrogen-bond donors (Lipinski definition) is 1. The Bertz CT molecular complexity index is 429. The lowest BCUT2D eigenvalue weighted by Crippen LogP contribution is -2.40. The van der Waals surface area contributed by atoms with E-state index in [-0.39, 0.29) is 0 Å². The van der Waals surface area contributed by atoms with Gasteiger partial charge in [0.25, 0.3) is 0 Å². The SMILES string of the molecule is CN1C2CCC1CN(C(CN)c1cnn(C)c1)CC2. The summed E-state index contributed by atoms with van der Waals surface area (Å²) in [6.07, 6.45) is 8.04. The summed E-state index contributed by atoms with van der Waals surface area (Å²) in [6, 6.07) is 1.81. The van der Waals surface area contributed by atoms with Crippen LogP contribution in [0.3, 0.4) is 0 Å². The van der Waals surface area contributed by atoms with Crippen LogP contribution in [0, 0.1) is 0 Å². The van der Waals surface area contributed by atoms with Crippen LogP contribution in [0.2, 0.25) is 0 Å². The number of aryl methyl sites for hydroxylation is 1. The van der Waals surface area contributed by atoms with Gasteiger partial charge in [-0.25, -0.2) is 0 Å². The number of nitrogens with zero attached hydrogens (tertiary/aromatic N) is 4. The molecule has 0 radical (unpaired) electrons. The Morgan fingerprint density at radius 1 is 1.32 bits per heavy atom. The van der Waals surface area contributed by atoms with Gasteiger partial charge in [0.15, 0.2) is 0 Å². The Hall–Kier alpha value is -0.910. The van der Waals surface area contributed by atoms with Gasteiger partial charge in [0.05, 0.1) is 12.2 Å². The molecule has 5 nitrogen and oxygen atoms in total. The van der Waals surface area contributed by atoms with Crippen LogP contribution in [-0.2, 0) is 7.05 Å². The van der Waals surface area contributed by atoms with Gasteiger partial charge in [0, 0.05) is 50.5 Å². The molecule has 2 aliphatic rings. The van der Waals surface area contributed by atoms with Crippen molar-refractivity contribution in [3.05, 3.63) is 18.0 Å². The molecule has 19 heavy (non-hydrogen) atoms. The quantitative estimate of drug-likeness (QED) is 0.867. The lowest BCUT2D eigenvalue weighted by molar-refractivity contribution is 0.175. The molecule has 2 N–H and O–H groups in total. The minimum atomic E-state index is 0.321. The van der Waals surface area contributed by atoms with Crippen LogP contribution in [0.15, 0.2) is 12.4 Å². The maximum atomic E-state index is 6.04. The number of fused-ring (bicyclic) bond motifs is 2. The van der Waals surface area contributed by atoms with Crippen molar-refractivity contribution in [2.45, 2.75) is 37.4 Å². The Morgan fingerprint density at radius 2 is 2.11 bits per heavy atom. The third-order valence-corrected chi connectivity index (χ3v) is 4.95. The molecule has 2 bridgehead atoms. The summed E-state index contributed by atoms with van der Waals surface area (Å²) in [4.78, 5) is 5.15. The van der Waals surface area contributed by atoms with Crippen molar-refractivity contribution in [1.82, 2.24) is 19.6 Å². The molecular formula is C14H25N5. The Kier molecular flexibility index (Phi) is 3.60. The van der Waals surface area contributed by atoms with Crippen LogP contribution in [-0.4, -0.2) is 58.3 Å². The number of rotatable bonds is 3. The van der Waals surface area contributed by atoms with Gasteiger partial charge >= 0.3 is 0 Å². The highest BCUT2D eigenvalue weighted by atomic mass is 15.3. The number of hydrogen-bond acceptors (Lipinski definition) is 4. The van der Waals surface area contributed by atoms with Crippen molar-refractivity contribution in [1.29, 1.82) is 0 Å². The highest BCUT2D eigenvalue weighted by molar-refractivity contribution is 5.12. The molecule has 0 amide bonds. The summed E-state index contributed by atoms with van der Waals surface area (Å²) in [6.45, 7) is 2.97. The molecule has 2 aliphatic heterocycles. The highest BCUT2D eigenvalue weighted by Gasteiger charge is 2.36. The van der Waals surface area contributed by atoms with E-state index in [2.05, 4.69) is 28.1 Å². The lowest BCUT2D eigenvalue weighted by atomic mass is 10.0. The lowest BCUT2D eigenvalue weighted by Gasteiger charge is -2.32. The standard InChI is InChI=1S/C14H25N5/c1-17-9-11(8-16-17)14(7-15)19-6-5-12-3-4-13(10-19)18(12)2/h8-9,12-14H,3-7,10,15H2,1-2H3. The minimum absolute atomic E-state index is 0.321. The van der Waals surface area contributed by atoms with Crippen molar-refractivity contribution in [3.8, 4) is 0 Å². The van der Waals surface area contributed by atoms with Crippen molar-refractivity contribution < 1.29 is 0 Å². The third kappa shape index (κ3) is 2.42. The molecule has 2 saturated heterocycles. The number of aromatic nitrogens is 2. The van der Waals surface area contributed by atoms with Gasteiger partial charge in [-0.2, -0.15) is 5.10 Å². The van der Waals surface area contributed by atoms with E-state index in [9.17, 15) is 0 Å². The zero-order chi connectivity index (χ0) is 13.4. The average molecular weight is 263 g/mol. The fraction of sp³-hybridized carbons (Fsp3) is 0.786. The van der Waals surface area contributed by atoms with Gasteiger partial charge in [0.2, 0.25) is 0 Å². The van der Waals surface area contributed by atoms with Gasteiger partial charge in [-0.3, -0.25) is 14.5 Å². The largest absolute Gasteiger partial charge is 0.329 e. The molecule has 5 heteroatoms. The molecule has 3 unspecified atom stereocenters. The second kappa shape index (κ2) is 5.23. The van der Waals surface area contributed by atoms with E-state index in [1.54, 1.807) is 0 Å². The predicted molar refractivity (Wildman–Crippen MR) is 75.8 cm³/mol. The predicted octanol–water partition coefficient (Wildman–Crippen LogP) is 0.588. The molecular weight excluding hydrogens is 238 g/mol. The molecule has 0 saturated carbocycles. The molecule has 2 fully saturated rings. The zero-order valence-corrected chi connectivity index (χ0v) is 12.0. The number of likely N-dealkylation sites (N-methyl/N-ethyl adjacent to an activating group) is 1. The first-order chi connectivity index (χ1) is 9.19. The molecule has 0 aliphatic carbocycles. The summed E-state index contributed by atoms with van der Waals surface area (Å²) in [5.41, 5.74) is 7.29. The van der Waals surface area contributed by atoms with Crippen molar-refractivity contribution in [3.63, 3.8) is 0 Å². The van der Waals surface area contributed by atoms with E-state index in [1.807, 2.05) is 17.9 Å². The molecule has 0 aromatic carbocycles. The zero-order valence-electron chi connectivity index (χ0n) is 12.0. The number of likely N-dealkylation sites (tertiary alicyclic amines) is 1. The Balaban J connectivity index is 1.77. The first-order valence-electron chi connectivity index (χ1n) is 7.33. The molecule has 0 spiro atoms. The highest BCUT2D eigenvalue weighted by Crippen LogP contribution is 2.31. The van der Waals surface area contributed by atoms with E-state index in [0.717, 1.165) is 19.1 Å². The second-order valence-electron chi connectivity index (χ2n) is 6.03. The topological polar surface area (TPSA) is 50.3 Å². The van der Waals surface area contributed by atoms with Gasteiger partial charge in [-0.05, 0) is 26.3 Å². The Labute approximate surface area is 115 Å². The van der Waals surface area contributed by atoms with Gasteiger partial charge in [-0.15, -0.1) is 0 Å². The van der Waals surface area contributed by atoms with Crippen LogP contribution >= 0.6 is 0 Å². The maximum Gasteiger partial charge on any atom is 0.0538 e. The molecule has 3 atom stereocenters. The molecule has 1 aromatic rings. The molecule has 106 valence electrons. The summed E-state index contributed by atoms with van der Waals surface area (Å²) in [5.74, 6) is 0. The van der Waals surface area contributed by atoms with Crippen LogP contribution < -0.4 is 5.73 Å². The molecule has 3 heterocycles. The monoisotopic (exact) mass is 263 g/mol. The van der Waals surface area contributed by atoms with E-state index < -0.39 is 0 Å². The normalized spacial score (nSPS) is 30.5. The van der Waals surface area contributed by atoms with E-state index in [4.69, 9.17) is 5.73 Å². The first-order valence-corrected chi connectivity index (χ1v) is 7.33. The average Bonchev–Trinajstić information content (AvgIpc) is 2.88. The fourth-order valence-corrected chi connectivity index (χ4v) is 3.73. The summed E-state index contributed by atoms with van der Waals surface area (Å²) in [7, 11) is 4.25. The van der Waals surface area contributed by atoms with Gasteiger partial charge in [0.1, 0.15) is 0 Å². The van der Waals surface area contributed by atoms with E-state index in [1.165, 1.54) is 24.8 Å². The molecule has 3 rings (SSSR count). The second-order valence-corrected chi connectivity index (χ2v) is 6.03. The van der Waals surface area contributed by atoms with E-state index >= 15 is 0 Å². The van der Waals surface area contributed by atoms with Crippen molar-refractivity contribution in [2.75, 3.05) is 26.7 Å². The smallest absolute Gasteiger partial charge is 0.0538 e. The first kappa shape index (κ1) is 13.1. The maximum absolute atomic E-state index is 6.04. The van der Waals surface area contributed by atoms with Crippen molar-refractivity contribution in [2.24, 2.45) is 12.8 Å². The molecule has 1 aromatic heterocycles. The summed E-state index contributed by atoms with van der Waals surface area (Å²) < 4.78 is 1.87. The van der Waals surface area contributed by atoms with Gasteiger partial charge < -0.3 is 5.73 Å². The summed E-state index contributed by atoms with van der Waals surface area (Å²) >= 11 is 0. The fourth-order valence-electron chi connectivity index (χ4n) is 3.73. The Morgan fingerprint density at radius 3 is 2.79 bits per heavy atom. The summed E-state index contributed by atoms with van der Waals surface area (Å²) in [5, 5.41) is 4.29. The van der Waals surface area contributed by atoms with Gasteiger partial charge in [-0.1, -0.05) is 0 Å². The van der Waals surface area contributed by atoms with Crippen LogP contribution in [0.4, 0.5) is 0 Å². The minimum Gasteiger partial charge on any atom is -0.329 e. The van der Waals surface area contributed by atoms with Crippen LogP contribution in [0.1, 0.15) is 30.9 Å². The van der Waals surface area contributed by atoms with E-state index in [0.29, 0.717) is 18.6 Å². The third-order valence-electron chi connectivity index (χ3n) is 4.95. The van der Waals surface area contributed by atoms with Crippen LogP contribution in [0.5, 0.6) is 0 Å². The van der Waals surface area contributed by atoms with Crippen molar-refractivity contribution >= 4 is 0 Å². The number of nitrogens with two attached hydrogens (primary N) is 1.